The molecule has 0 spiro atoms. The fourth-order valence-electron chi connectivity index (χ4n) is 1.59. The predicted molar refractivity (Wildman–Crippen MR) is 57.8 cm³/mol. The molecule has 1 aliphatic rings. The monoisotopic (exact) mass is 219 g/mol. The van der Waals surface area contributed by atoms with Gasteiger partial charge in [-0.1, -0.05) is 5.92 Å². The lowest BCUT2D eigenvalue weighted by Gasteiger charge is -2.28. The maximum Gasteiger partial charge on any atom is 0.265 e. The van der Waals surface area contributed by atoms with Crippen molar-refractivity contribution in [3.8, 4) is 18.1 Å². The van der Waals surface area contributed by atoms with E-state index in [-0.39, 0.29) is 24.9 Å². The summed E-state index contributed by atoms with van der Waals surface area (Å²) in [5, 5.41) is 0. The van der Waals surface area contributed by atoms with Gasteiger partial charge in [-0.25, -0.2) is 4.39 Å². The van der Waals surface area contributed by atoms with E-state index in [1.165, 1.54) is 11.0 Å². The second-order valence-corrected chi connectivity index (χ2v) is 3.54. The normalized spacial score (nSPS) is 14.1. The molecule has 1 amide bonds. The third-order valence-electron chi connectivity index (χ3n) is 2.43. The number of halogens is 1. The third kappa shape index (κ3) is 1.61. The van der Waals surface area contributed by atoms with Crippen molar-refractivity contribution < 1.29 is 13.9 Å². The van der Waals surface area contributed by atoms with Crippen LogP contribution in [0, 0.1) is 25.1 Å². The minimum Gasteiger partial charge on any atom is -0.481 e. The van der Waals surface area contributed by atoms with Crippen LogP contribution < -0.4 is 9.64 Å². The van der Waals surface area contributed by atoms with Crippen molar-refractivity contribution in [2.45, 2.75) is 6.92 Å². The van der Waals surface area contributed by atoms with Gasteiger partial charge in [-0.15, -0.1) is 6.42 Å². The molecule has 3 nitrogen and oxygen atoms in total. The first kappa shape index (κ1) is 10.5. The van der Waals surface area contributed by atoms with E-state index in [4.69, 9.17) is 11.2 Å². The highest BCUT2D eigenvalue weighted by atomic mass is 19.1. The molecule has 1 aromatic rings. The van der Waals surface area contributed by atoms with E-state index in [9.17, 15) is 9.18 Å². The SMILES string of the molecule is C#CCN1C(=O)COc2cc(F)c(C)cc21. The van der Waals surface area contributed by atoms with Crippen LogP contribution in [0.25, 0.3) is 0 Å². The Balaban J connectivity index is 2.51. The summed E-state index contributed by atoms with van der Waals surface area (Å²) in [5.74, 6) is 2.19. The molecule has 0 radical (unpaired) electrons. The highest BCUT2D eigenvalue weighted by Gasteiger charge is 2.25. The van der Waals surface area contributed by atoms with E-state index in [0.717, 1.165) is 0 Å². The largest absolute Gasteiger partial charge is 0.481 e. The lowest BCUT2D eigenvalue weighted by molar-refractivity contribution is -0.121. The van der Waals surface area contributed by atoms with Crippen molar-refractivity contribution in [1.29, 1.82) is 0 Å². The van der Waals surface area contributed by atoms with Gasteiger partial charge >= 0.3 is 0 Å². The van der Waals surface area contributed by atoms with Crippen molar-refractivity contribution in [2.24, 2.45) is 0 Å². The highest BCUT2D eigenvalue weighted by molar-refractivity contribution is 5.98. The Hall–Kier alpha value is -2.02. The average molecular weight is 219 g/mol. The lowest BCUT2D eigenvalue weighted by Crippen LogP contribution is -2.39. The minimum absolute atomic E-state index is 0.100. The lowest BCUT2D eigenvalue weighted by atomic mass is 10.1. The molecule has 0 saturated heterocycles. The summed E-state index contributed by atoms with van der Waals surface area (Å²) >= 11 is 0. The van der Waals surface area contributed by atoms with Crippen LogP contribution >= 0.6 is 0 Å². The zero-order chi connectivity index (χ0) is 11.7. The van der Waals surface area contributed by atoms with Crippen LogP contribution in [0.1, 0.15) is 5.56 Å². The number of carbonyl (C=O) groups excluding carboxylic acids is 1. The number of hydrogen-bond donors (Lipinski definition) is 0. The Labute approximate surface area is 92.8 Å². The van der Waals surface area contributed by atoms with Crippen LogP contribution in [-0.4, -0.2) is 19.1 Å². The van der Waals surface area contributed by atoms with E-state index in [1.807, 2.05) is 0 Å². The smallest absolute Gasteiger partial charge is 0.265 e. The molecule has 1 aliphatic heterocycles. The number of anilines is 1. The molecular formula is C12H10FNO2. The fourth-order valence-corrected chi connectivity index (χ4v) is 1.59. The molecule has 0 atom stereocenters. The number of fused-ring (bicyclic) bond motifs is 1. The van der Waals surface area contributed by atoms with Gasteiger partial charge in [0.05, 0.1) is 12.2 Å². The first-order valence-electron chi connectivity index (χ1n) is 4.80. The van der Waals surface area contributed by atoms with Gasteiger partial charge in [0.25, 0.3) is 5.91 Å². The Morgan fingerprint density at radius 2 is 2.38 bits per heavy atom. The van der Waals surface area contributed by atoms with Gasteiger partial charge in [0, 0.05) is 6.07 Å². The molecule has 82 valence electrons. The zero-order valence-corrected chi connectivity index (χ0v) is 8.79. The molecule has 0 bridgehead atoms. The zero-order valence-electron chi connectivity index (χ0n) is 8.79. The van der Waals surface area contributed by atoms with Crippen LogP contribution in [0.2, 0.25) is 0 Å². The summed E-state index contributed by atoms with van der Waals surface area (Å²) in [5.41, 5.74) is 0.993. The Morgan fingerprint density at radius 1 is 1.62 bits per heavy atom. The predicted octanol–water partition coefficient (Wildman–Crippen LogP) is 1.49. The molecule has 4 heteroatoms. The molecule has 0 unspecified atom stereocenters. The molecule has 0 aliphatic carbocycles. The summed E-state index contributed by atoms with van der Waals surface area (Å²) in [7, 11) is 0. The first-order valence-corrected chi connectivity index (χ1v) is 4.80. The van der Waals surface area contributed by atoms with Crippen molar-refractivity contribution in [3.63, 3.8) is 0 Å². The van der Waals surface area contributed by atoms with Gasteiger partial charge < -0.3 is 4.74 Å². The number of rotatable bonds is 1. The van der Waals surface area contributed by atoms with Crippen molar-refractivity contribution in [1.82, 2.24) is 0 Å². The summed E-state index contributed by atoms with van der Waals surface area (Å²) in [6.07, 6.45) is 5.19. The maximum atomic E-state index is 13.3. The molecule has 0 fully saturated rings. The molecule has 0 N–H and O–H groups in total. The molecule has 2 rings (SSSR count). The number of benzene rings is 1. The molecule has 16 heavy (non-hydrogen) atoms. The highest BCUT2D eigenvalue weighted by Crippen LogP contribution is 2.33. The summed E-state index contributed by atoms with van der Waals surface area (Å²) in [4.78, 5) is 13.0. The number of aryl methyl sites for hydroxylation is 1. The molecule has 0 saturated carbocycles. The summed E-state index contributed by atoms with van der Waals surface area (Å²) < 4.78 is 18.4. The fraction of sp³-hybridized carbons (Fsp3) is 0.250. The second-order valence-electron chi connectivity index (χ2n) is 3.54. The van der Waals surface area contributed by atoms with Crippen LogP contribution in [0.3, 0.4) is 0 Å². The minimum atomic E-state index is -0.353. The Bertz CT molecular complexity index is 491. The van der Waals surface area contributed by atoms with E-state index in [1.54, 1.807) is 13.0 Å². The van der Waals surface area contributed by atoms with Gasteiger partial charge in [0.15, 0.2) is 6.61 Å². The van der Waals surface area contributed by atoms with Crippen LogP contribution in [0.5, 0.6) is 5.75 Å². The summed E-state index contributed by atoms with van der Waals surface area (Å²) in [6, 6.07) is 2.85. The number of ether oxygens (including phenoxy) is 1. The van der Waals surface area contributed by atoms with Gasteiger partial charge in [-0.05, 0) is 18.6 Å². The average Bonchev–Trinajstić information content (AvgIpc) is 2.25. The first-order chi connectivity index (χ1) is 7.63. The number of amides is 1. The van der Waals surface area contributed by atoms with E-state index in [0.29, 0.717) is 17.0 Å². The number of terminal acetylenes is 1. The molecule has 0 aromatic heterocycles. The third-order valence-corrected chi connectivity index (χ3v) is 2.43. The molecule has 1 heterocycles. The van der Waals surface area contributed by atoms with Crippen LogP contribution in [-0.2, 0) is 4.79 Å². The topological polar surface area (TPSA) is 29.5 Å². The Morgan fingerprint density at radius 3 is 3.06 bits per heavy atom. The summed E-state index contributed by atoms with van der Waals surface area (Å²) in [6.45, 7) is 1.69. The molecule has 1 aromatic carbocycles. The van der Waals surface area contributed by atoms with Crippen LogP contribution in [0.4, 0.5) is 10.1 Å². The number of hydrogen-bond acceptors (Lipinski definition) is 2. The Kier molecular flexibility index (Phi) is 2.53. The van der Waals surface area contributed by atoms with Crippen molar-refractivity contribution in [2.75, 3.05) is 18.1 Å². The van der Waals surface area contributed by atoms with Crippen molar-refractivity contribution in [3.05, 3.63) is 23.5 Å². The second kappa shape index (κ2) is 3.86. The number of nitrogens with zero attached hydrogens (tertiary/aromatic N) is 1. The van der Waals surface area contributed by atoms with E-state index in [2.05, 4.69) is 5.92 Å². The quantitative estimate of drug-likeness (QED) is 0.670. The number of carbonyl (C=O) groups is 1. The molecular weight excluding hydrogens is 209 g/mol. The van der Waals surface area contributed by atoms with E-state index < -0.39 is 0 Å². The van der Waals surface area contributed by atoms with Gasteiger partial charge in [-0.2, -0.15) is 0 Å². The van der Waals surface area contributed by atoms with Gasteiger partial charge in [0.1, 0.15) is 11.6 Å². The van der Waals surface area contributed by atoms with E-state index >= 15 is 0 Å². The van der Waals surface area contributed by atoms with Crippen molar-refractivity contribution >= 4 is 11.6 Å². The van der Waals surface area contributed by atoms with Gasteiger partial charge in [-0.3, -0.25) is 9.69 Å². The van der Waals surface area contributed by atoms with Gasteiger partial charge in [0.2, 0.25) is 0 Å². The standard InChI is InChI=1S/C12H10FNO2/c1-3-4-14-10-5-8(2)9(13)6-11(10)16-7-12(14)15/h1,5-6H,4,7H2,2H3. The van der Waals surface area contributed by atoms with Crippen LogP contribution in [0.15, 0.2) is 12.1 Å². The maximum absolute atomic E-state index is 13.3.